The fourth-order valence-corrected chi connectivity index (χ4v) is 5.05. The Labute approximate surface area is 186 Å². The van der Waals surface area contributed by atoms with Gasteiger partial charge in [-0.05, 0) is 53.1 Å². The standard InChI is InChI=1S/C19H12Cl4O5S/c20-13-4-1-10(2-5-13)19(29(26,27)28,11-3-6-14(21)15(22)7-11)12-8-16(23)18(25)17(24)9-12/h1-9,24-25H,(H,26,27,28). The summed E-state index contributed by atoms with van der Waals surface area (Å²) in [6, 6.07) is 11.8. The maximum absolute atomic E-state index is 12.9. The van der Waals surface area contributed by atoms with Crippen LogP contribution in [0, 0.1) is 0 Å². The quantitative estimate of drug-likeness (QED) is 0.239. The molecular formula is C19H12Cl4O5S. The van der Waals surface area contributed by atoms with Crippen molar-refractivity contribution in [2.45, 2.75) is 4.75 Å². The van der Waals surface area contributed by atoms with Crippen LogP contribution in [0.4, 0.5) is 0 Å². The molecule has 3 aromatic carbocycles. The van der Waals surface area contributed by atoms with Gasteiger partial charge in [0.05, 0.1) is 15.1 Å². The molecule has 0 heterocycles. The lowest BCUT2D eigenvalue weighted by Crippen LogP contribution is -2.38. The lowest BCUT2D eigenvalue weighted by atomic mass is 9.84. The van der Waals surface area contributed by atoms with Gasteiger partial charge in [-0.2, -0.15) is 8.42 Å². The van der Waals surface area contributed by atoms with Gasteiger partial charge in [-0.3, -0.25) is 4.55 Å². The Morgan fingerprint density at radius 1 is 0.690 bits per heavy atom. The van der Waals surface area contributed by atoms with Crippen molar-refractivity contribution in [3.63, 3.8) is 0 Å². The summed E-state index contributed by atoms with van der Waals surface area (Å²) < 4.78 is 34.0. The average Bonchev–Trinajstić information content (AvgIpc) is 2.63. The van der Waals surface area contributed by atoms with E-state index in [1.54, 1.807) is 0 Å². The molecule has 10 heteroatoms. The van der Waals surface area contributed by atoms with E-state index in [1.807, 2.05) is 0 Å². The molecule has 1 unspecified atom stereocenters. The van der Waals surface area contributed by atoms with Crippen LogP contribution in [0.25, 0.3) is 0 Å². The van der Waals surface area contributed by atoms with Crippen LogP contribution < -0.4 is 0 Å². The summed E-state index contributed by atoms with van der Waals surface area (Å²) in [4.78, 5) is 0. The van der Waals surface area contributed by atoms with Gasteiger partial charge in [0.15, 0.2) is 16.2 Å². The molecule has 0 saturated carbocycles. The minimum atomic E-state index is -4.97. The van der Waals surface area contributed by atoms with E-state index < -0.39 is 26.4 Å². The number of halogens is 4. The first-order valence-corrected chi connectivity index (χ1v) is 10.8. The fourth-order valence-electron chi connectivity index (χ4n) is 3.13. The largest absolute Gasteiger partial charge is 0.504 e. The number of hydrogen-bond acceptors (Lipinski definition) is 4. The molecule has 3 rings (SSSR count). The molecule has 0 amide bonds. The second-order valence-corrected chi connectivity index (χ2v) is 9.34. The number of aromatic hydroxyl groups is 2. The highest BCUT2D eigenvalue weighted by Crippen LogP contribution is 2.48. The molecule has 0 radical (unpaired) electrons. The third kappa shape index (κ3) is 3.77. The van der Waals surface area contributed by atoms with Crippen LogP contribution in [0.15, 0.2) is 54.6 Å². The van der Waals surface area contributed by atoms with Crippen molar-refractivity contribution >= 4 is 56.5 Å². The predicted octanol–water partition coefficient (Wildman–Crippen LogP) is 5.89. The highest BCUT2D eigenvalue weighted by atomic mass is 35.5. The smallest absolute Gasteiger partial charge is 0.283 e. The van der Waals surface area contributed by atoms with Crippen LogP contribution in [0.3, 0.4) is 0 Å². The third-order valence-corrected chi connectivity index (χ3v) is 7.17. The topological polar surface area (TPSA) is 94.8 Å². The summed E-state index contributed by atoms with van der Waals surface area (Å²) >= 11 is 24.0. The molecule has 0 bridgehead atoms. The minimum absolute atomic E-state index is 0.0258. The van der Waals surface area contributed by atoms with Crippen molar-refractivity contribution in [1.82, 2.24) is 0 Å². The van der Waals surface area contributed by atoms with Gasteiger partial charge in [0, 0.05) is 5.02 Å². The van der Waals surface area contributed by atoms with E-state index in [0.29, 0.717) is 5.02 Å². The van der Waals surface area contributed by atoms with Gasteiger partial charge in [0.1, 0.15) is 0 Å². The molecular weight excluding hydrogens is 482 g/mol. The summed E-state index contributed by atoms with van der Waals surface area (Å²) in [5.41, 5.74) is -0.0252. The van der Waals surface area contributed by atoms with E-state index in [1.165, 1.54) is 42.5 Å². The normalized spacial score (nSPS) is 13.8. The van der Waals surface area contributed by atoms with Crippen LogP contribution in [0.2, 0.25) is 20.1 Å². The van der Waals surface area contributed by atoms with Crippen LogP contribution >= 0.6 is 46.4 Å². The Balaban J connectivity index is 2.54. The van der Waals surface area contributed by atoms with Gasteiger partial charge < -0.3 is 10.2 Å². The monoisotopic (exact) mass is 492 g/mol. The summed E-state index contributed by atoms with van der Waals surface area (Å²) in [5, 5.41) is 20.1. The Bertz CT molecular complexity index is 1170. The maximum Gasteiger partial charge on any atom is 0.283 e. The Hall–Kier alpha value is -1.67. The van der Waals surface area contributed by atoms with E-state index in [4.69, 9.17) is 46.4 Å². The minimum Gasteiger partial charge on any atom is -0.504 e. The van der Waals surface area contributed by atoms with Gasteiger partial charge in [-0.15, -0.1) is 0 Å². The first-order valence-electron chi connectivity index (χ1n) is 7.89. The second-order valence-electron chi connectivity index (χ2n) is 6.12. The summed E-state index contributed by atoms with van der Waals surface area (Å²) in [5.74, 6) is -1.31. The fraction of sp³-hybridized carbons (Fsp3) is 0.0526. The molecule has 3 aromatic rings. The molecule has 3 N–H and O–H groups in total. The molecule has 0 saturated heterocycles. The highest BCUT2D eigenvalue weighted by molar-refractivity contribution is 7.87. The molecule has 0 aromatic heterocycles. The molecule has 0 spiro atoms. The number of benzene rings is 3. The average molecular weight is 494 g/mol. The van der Waals surface area contributed by atoms with Crippen molar-refractivity contribution in [2.24, 2.45) is 0 Å². The zero-order valence-electron chi connectivity index (χ0n) is 14.3. The Kier molecular flexibility index (Phi) is 5.98. The van der Waals surface area contributed by atoms with Crippen LogP contribution in [0.1, 0.15) is 16.7 Å². The number of rotatable bonds is 4. The summed E-state index contributed by atoms with van der Waals surface area (Å²) in [7, 11) is -4.97. The van der Waals surface area contributed by atoms with E-state index in [0.717, 1.165) is 12.1 Å². The first kappa shape index (κ1) is 22.0. The van der Waals surface area contributed by atoms with E-state index >= 15 is 0 Å². The predicted molar refractivity (Wildman–Crippen MR) is 114 cm³/mol. The molecule has 152 valence electrons. The van der Waals surface area contributed by atoms with Crippen molar-refractivity contribution in [1.29, 1.82) is 0 Å². The maximum atomic E-state index is 12.9. The van der Waals surface area contributed by atoms with E-state index in [-0.39, 0.29) is 31.8 Å². The highest BCUT2D eigenvalue weighted by Gasteiger charge is 2.49. The lowest BCUT2D eigenvalue weighted by molar-refractivity contribution is 0.402. The van der Waals surface area contributed by atoms with E-state index in [2.05, 4.69) is 0 Å². The molecule has 5 nitrogen and oxygen atoms in total. The SMILES string of the molecule is O=S(=O)(O)C(c1ccc(Cl)cc1)(c1ccc(Cl)c(Cl)c1)c1cc(O)c(O)c(Cl)c1. The Morgan fingerprint density at radius 2 is 1.24 bits per heavy atom. The zero-order chi connectivity index (χ0) is 21.6. The molecule has 0 aliphatic carbocycles. The summed E-state index contributed by atoms with van der Waals surface area (Å²) in [6.07, 6.45) is 0. The van der Waals surface area contributed by atoms with Crippen molar-refractivity contribution in [3.8, 4) is 11.5 Å². The molecule has 29 heavy (non-hydrogen) atoms. The zero-order valence-corrected chi connectivity index (χ0v) is 18.1. The van der Waals surface area contributed by atoms with Gasteiger partial charge in [-0.1, -0.05) is 64.6 Å². The van der Waals surface area contributed by atoms with Gasteiger partial charge in [0.2, 0.25) is 0 Å². The number of phenols is 2. The van der Waals surface area contributed by atoms with Crippen molar-refractivity contribution in [2.75, 3.05) is 0 Å². The van der Waals surface area contributed by atoms with Gasteiger partial charge >= 0.3 is 0 Å². The summed E-state index contributed by atoms with van der Waals surface area (Å²) in [6.45, 7) is 0. The van der Waals surface area contributed by atoms with Crippen molar-refractivity contribution < 1.29 is 23.2 Å². The third-order valence-electron chi connectivity index (χ3n) is 4.41. The number of phenolic OH excluding ortho intramolecular Hbond substituents is 2. The van der Waals surface area contributed by atoms with E-state index in [9.17, 15) is 23.2 Å². The number of hydrogen-bond donors (Lipinski definition) is 3. The van der Waals surface area contributed by atoms with Crippen molar-refractivity contribution in [3.05, 3.63) is 91.4 Å². The lowest BCUT2D eigenvalue weighted by Gasteiger charge is -2.33. The van der Waals surface area contributed by atoms with Crippen LogP contribution in [0.5, 0.6) is 11.5 Å². The molecule has 0 aliphatic rings. The second kappa shape index (κ2) is 7.87. The molecule has 0 aliphatic heterocycles. The molecule has 1 atom stereocenters. The van der Waals surface area contributed by atoms with Crippen LogP contribution in [-0.2, 0) is 14.9 Å². The van der Waals surface area contributed by atoms with Gasteiger partial charge in [-0.25, -0.2) is 0 Å². The van der Waals surface area contributed by atoms with Gasteiger partial charge in [0.25, 0.3) is 10.1 Å². The molecule has 0 fully saturated rings. The Morgan fingerprint density at radius 3 is 1.76 bits per heavy atom. The first-order chi connectivity index (χ1) is 13.5. The van der Waals surface area contributed by atoms with Crippen LogP contribution in [-0.4, -0.2) is 23.2 Å².